The molecule has 1 atom stereocenters. The summed E-state index contributed by atoms with van der Waals surface area (Å²) < 4.78 is 4.93. The predicted octanol–water partition coefficient (Wildman–Crippen LogP) is 2.24. The summed E-state index contributed by atoms with van der Waals surface area (Å²) in [5.74, 6) is -0.197. The lowest BCUT2D eigenvalue weighted by Gasteiger charge is -2.12. The third-order valence-electron chi connectivity index (χ3n) is 4.06. The summed E-state index contributed by atoms with van der Waals surface area (Å²) in [6, 6.07) is 6.44. The molecule has 0 spiro atoms. The molecule has 1 aliphatic rings. The SMILES string of the molecule is C[C@H](NC(=O)COC(=O)CCCNc1ccccc1[N+](=O)[O-])C1CC1. The van der Waals surface area contributed by atoms with Gasteiger partial charge in [0, 0.05) is 25.1 Å². The van der Waals surface area contributed by atoms with Crippen LogP contribution in [0.3, 0.4) is 0 Å². The molecule has 8 heteroatoms. The Kier molecular flexibility index (Phi) is 6.73. The number of esters is 1. The maximum atomic E-state index is 11.6. The molecule has 2 N–H and O–H groups in total. The van der Waals surface area contributed by atoms with Gasteiger partial charge in [0.15, 0.2) is 6.61 Å². The Morgan fingerprint density at radius 1 is 1.36 bits per heavy atom. The number of nitro groups is 1. The van der Waals surface area contributed by atoms with E-state index in [0.717, 1.165) is 12.8 Å². The molecule has 1 saturated carbocycles. The van der Waals surface area contributed by atoms with E-state index in [1.165, 1.54) is 6.07 Å². The normalized spacial score (nSPS) is 14.4. The summed E-state index contributed by atoms with van der Waals surface area (Å²) in [6.45, 7) is 2.07. The highest BCUT2D eigenvalue weighted by Gasteiger charge is 2.28. The third-order valence-corrected chi connectivity index (χ3v) is 4.06. The summed E-state index contributed by atoms with van der Waals surface area (Å²) in [6.07, 6.45) is 2.85. The minimum Gasteiger partial charge on any atom is -0.456 e. The van der Waals surface area contributed by atoms with Crippen molar-refractivity contribution in [3.63, 3.8) is 0 Å². The van der Waals surface area contributed by atoms with Gasteiger partial charge in [0.25, 0.3) is 11.6 Å². The number of amides is 1. The van der Waals surface area contributed by atoms with E-state index in [4.69, 9.17) is 4.74 Å². The number of para-hydroxylation sites is 2. The Morgan fingerprint density at radius 3 is 2.76 bits per heavy atom. The van der Waals surface area contributed by atoms with E-state index in [2.05, 4.69) is 10.6 Å². The van der Waals surface area contributed by atoms with E-state index in [1.807, 2.05) is 6.92 Å². The number of hydrogen-bond acceptors (Lipinski definition) is 6. The lowest BCUT2D eigenvalue weighted by molar-refractivity contribution is -0.384. The molecule has 2 rings (SSSR count). The van der Waals surface area contributed by atoms with Crippen LogP contribution < -0.4 is 10.6 Å². The fourth-order valence-electron chi connectivity index (χ4n) is 2.47. The molecular weight excluding hydrogens is 326 g/mol. The number of ether oxygens (including phenoxy) is 1. The van der Waals surface area contributed by atoms with Gasteiger partial charge in [-0.2, -0.15) is 0 Å². The fraction of sp³-hybridized carbons (Fsp3) is 0.529. The summed E-state index contributed by atoms with van der Waals surface area (Å²) in [4.78, 5) is 33.7. The van der Waals surface area contributed by atoms with Crippen molar-refractivity contribution in [2.24, 2.45) is 5.92 Å². The molecule has 8 nitrogen and oxygen atoms in total. The molecule has 1 aromatic carbocycles. The van der Waals surface area contributed by atoms with Crippen LogP contribution in [-0.2, 0) is 14.3 Å². The second kappa shape index (κ2) is 9.00. The van der Waals surface area contributed by atoms with Gasteiger partial charge in [-0.15, -0.1) is 0 Å². The van der Waals surface area contributed by atoms with Crippen LogP contribution in [-0.4, -0.2) is 36.0 Å². The van der Waals surface area contributed by atoms with Crippen LogP contribution in [0.4, 0.5) is 11.4 Å². The largest absolute Gasteiger partial charge is 0.456 e. The molecule has 0 radical (unpaired) electrons. The second-order valence-electron chi connectivity index (χ2n) is 6.16. The zero-order chi connectivity index (χ0) is 18.2. The molecule has 25 heavy (non-hydrogen) atoms. The zero-order valence-electron chi connectivity index (χ0n) is 14.2. The minimum absolute atomic E-state index is 0.00784. The van der Waals surface area contributed by atoms with Gasteiger partial charge in [0.05, 0.1) is 4.92 Å². The van der Waals surface area contributed by atoms with Crippen LogP contribution in [0, 0.1) is 16.0 Å². The van der Waals surface area contributed by atoms with Crippen molar-refractivity contribution < 1.29 is 19.2 Å². The number of nitrogens with one attached hydrogen (secondary N) is 2. The van der Waals surface area contributed by atoms with Gasteiger partial charge in [0.1, 0.15) is 5.69 Å². The van der Waals surface area contributed by atoms with E-state index < -0.39 is 10.9 Å². The number of carbonyl (C=O) groups is 2. The second-order valence-corrected chi connectivity index (χ2v) is 6.16. The summed E-state index contributed by atoms with van der Waals surface area (Å²) >= 11 is 0. The number of carbonyl (C=O) groups excluding carboxylic acids is 2. The molecule has 0 bridgehead atoms. The topological polar surface area (TPSA) is 111 Å². The highest BCUT2D eigenvalue weighted by molar-refractivity contribution is 5.80. The molecule has 1 fully saturated rings. The van der Waals surface area contributed by atoms with Crippen molar-refractivity contribution in [3.8, 4) is 0 Å². The number of anilines is 1. The summed E-state index contributed by atoms with van der Waals surface area (Å²) in [5, 5.41) is 16.6. The van der Waals surface area contributed by atoms with E-state index >= 15 is 0 Å². The van der Waals surface area contributed by atoms with Crippen molar-refractivity contribution in [1.29, 1.82) is 0 Å². The van der Waals surface area contributed by atoms with Crippen molar-refractivity contribution in [2.45, 2.75) is 38.6 Å². The molecular formula is C17H23N3O5. The zero-order valence-corrected chi connectivity index (χ0v) is 14.2. The highest BCUT2D eigenvalue weighted by atomic mass is 16.6. The molecule has 0 saturated heterocycles. The third kappa shape index (κ3) is 6.40. The van der Waals surface area contributed by atoms with Crippen LogP contribution in [0.1, 0.15) is 32.6 Å². The Bertz CT molecular complexity index is 630. The van der Waals surface area contributed by atoms with Gasteiger partial charge in [-0.3, -0.25) is 19.7 Å². The minimum atomic E-state index is -0.460. The first-order valence-corrected chi connectivity index (χ1v) is 8.39. The molecule has 0 aliphatic heterocycles. The van der Waals surface area contributed by atoms with Gasteiger partial charge in [0.2, 0.25) is 0 Å². The Balaban J connectivity index is 1.60. The van der Waals surface area contributed by atoms with Gasteiger partial charge in [-0.25, -0.2) is 0 Å². The quantitative estimate of drug-likeness (QED) is 0.290. The maximum absolute atomic E-state index is 11.6. The Hall–Kier alpha value is -2.64. The van der Waals surface area contributed by atoms with Gasteiger partial charge in [-0.1, -0.05) is 12.1 Å². The van der Waals surface area contributed by atoms with E-state index in [9.17, 15) is 19.7 Å². The fourth-order valence-corrected chi connectivity index (χ4v) is 2.47. The highest BCUT2D eigenvalue weighted by Crippen LogP contribution is 2.32. The molecule has 0 heterocycles. The molecule has 1 aromatic rings. The van der Waals surface area contributed by atoms with Crippen molar-refractivity contribution >= 4 is 23.3 Å². The summed E-state index contributed by atoms with van der Waals surface area (Å²) in [7, 11) is 0. The van der Waals surface area contributed by atoms with Crippen molar-refractivity contribution in [1.82, 2.24) is 5.32 Å². The van der Waals surface area contributed by atoms with Crippen molar-refractivity contribution in [2.75, 3.05) is 18.5 Å². The van der Waals surface area contributed by atoms with E-state index in [1.54, 1.807) is 18.2 Å². The summed E-state index contributed by atoms with van der Waals surface area (Å²) in [5.41, 5.74) is 0.404. The predicted molar refractivity (Wildman–Crippen MR) is 92.1 cm³/mol. The Morgan fingerprint density at radius 2 is 2.08 bits per heavy atom. The first-order valence-electron chi connectivity index (χ1n) is 8.39. The monoisotopic (exact) mass is 349 g/mol. The van der Waals surface area contributed by atoms with E-state index in [0.29, 0.717) is 24.6 Å². The van der Waals surface area contributed by atoms with Crippen LogP contribution in [0.5, 0.6) is 0 Å². The molecule has 1 amide bonds. The van der Waals surface area contributed by atoms with Crippen LogP contribution in [0.2, 0.25) is 0 Å². The lowest BCUT2D eigenvalue weighted by Crippen LogP contribution is -2.37. The van der Waals surface area contributed by atoms with Gasteiger partial charge in [-0.05, 0) is 38.2 Å². The first kappa shape index (κ1) is 18.7. The molecule has 0 aromatic heterocycles. The van der Waals surface area contributed by atoms with E-state index in [-0.39, 0.29) is 30.7 Å². The first-order chi connectivity index (χ1) is 12.0. The van der Waals surface area contributed by atoms with Crippen molar-refractivity contribution in [3.05, 3.63) is 34.4 Å². The van der Waals surface area contributed by atoms with Gasteiger partial charge >= 0.3 is 5.97 Å². The molecule has 0 unspecified atom stereocenters. The number of nitrogens with zero attached hydrogens (tertiary/aromatic N) is 1. The lowest BCUT2D eigenvalue weighted by atomic mass is 10.2. The number of nitro benzene ring substituents is 1. The van der Waals surface area contributed by atoms with Gasteiger partial charge < -0.3 is 15.4 Å². The molecule has 136 valence electrons. The standard InChI is InChI=1S/C17H23N3O5/c1-12(13-8-9-13)19-16(21)11-25-17(22)7-4-10-18-14-5-2-3-6-15(14)20(23)24/h2-3,5-6,12-13,18H,4,7-11H2,1H3,(H,19,21)/t12-/m0/s1. The van der Waals surface area contributed by atoms with Crippen LogP contribution >= 0.6 is 0 Å². The number of hydrogen-bond donors (Lipinski definition) is 2. The average molecular weight is 349 g/mol. The number of benzene rings is 1. The van der Waals surface area contributed by atoms with Crippen LogP contribution in [0.25, 0.3) is 0 Å². The number of rotatable bonds is 10. The Labute approximate surface area is 146 Å². The molecule has 1 aliphatic carbocycles. The smallest absolute Gasteiger partial charge is 0.306 e. The van der Waals surface area contributed by atoms with Crippen LogP contribution in [0.15, 0.2) is 24.3 Å². The maximum Gasteiger partial charge on any atom is 0.306 e. The average Bonchev–Trinajstić information content (AvgIpc) is 3.42.